The highest BCUT2D eigenvalue weighted by Crippen LogP contribution is 2.38. The predicted molar refractivity (Wildman–Crippen MR) is 328 cm³/mol. The Kier molecular flexibility index (Phi) is 57.5. The molecule has 77 heavy (non-hydrogen) atoms. The van der Waals surface area contributed by atoms with Crippen LogP contribution in [0.5, 0.6) is 0 Å². The molecule has 0 aliphatic rings. The van der Waals surface area contributed by atoms with Crippen molar-refractivity contribution in [3.8, 4) is 0 Å². The van der Waals surface area contributed by atoms with Crippen molar-refractivity contribution in [2.75, 3.05) is 47.5 Å². The lowest BCUT2D eigenvalue weighted by Crippen LogP contribution is -2.37. The second kappa shape index (κ2) is 58.9. The van der Waals surface area contributed by atoms with Gasteiger partial charge >= 0.3 is 11.9 Å². The molecule has 0 bridgehead atoms. The lowest BCUT2D eigenvalue weighted by atomic mass is 10.0. The second-order valence-corrected chi connectivity index (χ2v) is 25.3. The van der Waals surface area contributed by atoms with Crippen LogP contribution < -0.4 is 4.89 Å². The molecule has 454 valence electrons. The monoisotopic (exact) mass is 1110 g/mol. The number of allylic oxidation sites excluding steroid dienone is 6. The summed E-state index contributed by atoms with van der Waals surface area (Å²) < 4.78 is 34.2. The Morgan fingerprint density at radius 2 is 0.701 bits per heavy atom. The van der Waals surface area contributed by atoms with Crippen LogP contribution in [-0.2, 0) is 32.7 Å². The summed E-state index contributed by atoms with van der Waals surface area (Å²) >= 11 is 0. The van der Waals surface area contributed by atoms with E-state index in [2.05, 4.69) is 50.3 Å². The Hall–Kier alpha value is -1.77. The highest BCUT2D eigenvalue weighted by Gasteiger charge is 2.22. The van der Waals surface area contributed by atoms with E-state index in [1.165, 1.54) is 250 Å². The minimum Gasteiger partial charge on any atom is -0.756 e. The van der Waals surface area contributed by atoms with E-state index in [4.69, 9.17) is 18.5 Å². The van der Waals surface area contributed by atoms with Gasteiger partial charge in [0.1, 0.15) is 19.8 Å². The van der Waals surface area contributed by atoms with Crippen molar-refractivity contribution in [1.82, 2.24) is 0 Å². The maximum atomic E-state index is 12.8. The van der Waals surface area contributed by atoms with Crippen LogP contribution in [-0.4, -0.2) is 70.0 Å². The molecule has 0 saturated carbocycles. The number of unbranched alkanes of at least 4 members (excludes halogenated alkanes) is 42. The summed E-state index contributed by atoms with van der Waals surface area (Å²) in [4.78, 5) is 37.9. The van der Waals surface area contributed by atoms with Gasteiger partial charge in [-0.3, -0.25) is 14.2 Å². The van der Waals surface area contributed by atoms with Crippen LogP contribution >= 0.6 is 7.82 Å². The SMILES string of the molecule is CCCCCCC/C=C\C/C=C\C/C=C\CCCCCCCCCCCCCCCCCCCCCCCCC(=O)OC(COC(=O)CCCCCCCCCCCCCCCCCC)COP(=O)([O-])OCC[N+](C)(C)C. The minimum absolute atomic E-state index is 0.0273. The molecule has 0 aromatic heterocycles. The van der Waals surface area contributed by atoms with Gasteiger partial charge in [0.25, 0.3) is 7.82 Å². The fourth-order valence-corrected chi connectivity index (χ4v) is 10.5. The Labute approximate surface area is 478 Å². The molecule has 0 heterocycles. The number of esters is 2. The van der Waals surface area contributed by atoms with Crippen LogP contribution in [0.1, 0.15) is 328 Å². The first kappa shape index (κ1) is 75.2. The number of carbonyl (C=O) groups excluding carboxylic acids is 2. The van der Waals surface area contributed by atoms with Crippen molar-refractivity contribution in [2.45, 2.75) is 335 Å². The molecule has 0 aromatic rings. The van der Waals surface area contributed by atoms with E-state index in [0.29, 0.717) is 17.4 Å². The van der Waals surface area contributed by atoms with Gasteiger partial charge < -0.3 is 27.9 Å². The van der Waals surface area contributed by atoms with E-state index in [1.807, 2.05) is 21.1 Å². The van der Waals surface area contributed by atoms with Crippen LogP contribution in [0.3, 0.4) is 0 Å². The average Bonchev–Trinajstić information content (AvgIpc) is 3.39. The third kappa shape index (κ3) is 63.3. The van der Waals surface area contributed by atoms with Crippen molar-refractivity contribution in [3.63, 3.8) is 0 Å². The Morgan fingerprint density at radius 3 is 1.04 bits per heavy atom. The zero-order chi connectivity index (χ0) is 56.3. The lowest BCUT2D eigenvalue weighted by molar-refractivity contribution is -0.870. The Balaban J connectivity index is 3.93. The molecule has 0 spiro atoms. The van der Waals surface area contributed by atoms with Gasteiger partial charge in [0.15, 0.2) is 6.10 Å². The molecule has 0 saturated heterocycles. The van der Waals surface area contributed by atoms with Gasteiger partial charge in [-0.05, 0) is 51.4 Å². The summed E-state index contributed by atoms with van der Waals surface area (Å²) in [5.41, 5.74) is 0. The summed E-state index contributed by atoms with van der Waals surface area (Å²) in [6, 6.07) is 0. The van der Waals surface area contributed by atoms with E-state index >= 15 is 0 Å². The zero-order valence-electron chi connectivity index (χ0n) is 51.7. The number of phosphoric acid groups is 1. The largest absolute Gasteiger partial charge is 0.756 e. The summed E-state index contributed by atoms with van der Waals surface area (Å²) in [6.45, 7) is 4.28. The van der Waals surface area contributed by atoms with E-state index in [1.54, 1.807) is 0 Å². The molecule has 10 heteroatoms. The number of likely N-dealkylation sites (N-methyl/N-ethyl adjacent to an activating group) is 1. The predicted octanol–water partition coefficient (Wildman–Crippen LogP) is 20.5. The molecule has 0 radical (unpaired) electrons. The quantitative estimate of drug-likeness (QED) is 0.0195. The molecule has 0 aromatic carbocycles. The van der Waals surface area contributed by atoms with Gasteiger partial charge in [-0.15, -0.1) is 0 Å². The first-order chi connectivity index (χ1) is 37.5. The van der Waals surface area contributed by atoms with Crippen molar-refractivity contribution in [2.24, 2.45) is 0 Å². The van der Waals surface area contributed by atoms with Gasteiger partial charge in [-0.1, -0.05) is 301 Å². The molecule has 0 amide bonds. The maximum Gasteiger partial charge on any atom is 0.306 e. The second-order valence-electron chi connectivity index (χ2n) is 23.8. The number of nitrogens with zero attached hydrogens (tertiary/aromatic N) is 1. The molecule has 2 unspecified atom stereocenters. The molecular formula is C67H128NO8P. The third-order valence-electron chi connectivity index (χ3n) is 14.9. The molecule has 9 nitrogen and oxygen atoms in total. The van der Waals surface area contributed by atoms with Crippen LogP contribution in [0.4, 0.5) is 0 Å². The Morgan fingerprint density at radius 1 is 0.403 bits per heavy atom. The minimum atomic E-state index is -4.63. The van der Waals surface area contributed by atoms with E-state index in [9.17, 15) is 19.0 Å². The molecule has 0 fully saturated rings. The van der Waals surface area contributed by atoms with E-state index < -0.39 is 26.5 Å². The highest BCUT2D eigenvalue weighted by molar-refractivity contribution is 7.45. The highest BCUT2D eigenvalue weighted by atomic mass is 31.2. The first-order valence-electron chi connectivity index (χ1n) is 33.2. The number of carbonyl (C=O) groups is 2. The topological polar surface area (TPSA) is 111 Å². The summed E-state index contributed by atoms with van der Waals surface area (Å²) in [7, 11) is 1.19. The van der Waals surface area contributed by atoms with Crippen molar-refractivity contribution in [1.29, 1.82) is 0 Å². The maximum absolute atomic E-state index is 12.8. The van der Waals surface area contributed by atoms with Crippen molar-refractivity contribution in [3.05, 3.63) is 36.5 Å². The van der Waals surface area contributed by atoms with E-state index in [-0.39, 0.29) is 32.0 Å². The molecule has 0 aliphatic heterocycles. The van der Waals surface area contributed by atoms with E-state index in [0.717, 1.165) is 44.9 Å². The number of ether oxygens (including phenoxy) is 2. The van der Waals surface area contributed by atoms with Crippen LogP contribution in [0, 0.1) is 0 Å². The fraction of sp³-hybridized carbons (Fsp3) is 0.881. The summed E-state index contributed by atoms with van der Waals surface area (Å²) in [5.74, 6) is -0.813. The standard InChI is InChI=1S/C67H128NO8P/c1-6-8-10-12-14-16-18-20-22-24-25-26-27-28-29-30-31-32-33-34-35-36-37-38-39-40-41-42-43-44-46-48-50-52-54-56-58-60-67(70)76-65(64-75-77(71,72)74-62-61-68(3,4)5)63-73-66(69)59-57-55-53-51-49-47-45-23-21-19-17-15-13-11-9-7-2/h18,20,24-25,27-28,65H,6-17,19,21-23,26,29-64H2,1-5H3/b20-18-,25-24-,28-27-. The number of hydrogen-bond acceptors (Lipinski definition) is 8. The first-order valence-corrected chi connectivity index (χ1v) is 34.7. The number of rotatable bonds is 62. The molecule has 0 N–H and O–H groups in total. The van der Waals surface area contributed by atoms with Crippen LogP contribution in [0.15, 0.2) is 36.5 Å². The summed E-state index contributed by atoms with van der Waals surface area (Å²) in [6.07, 6.45) is 73.7. The molecule has 2 atom stereocenters. The number of hydrogen-bond donors (Lipinski definition) is 0. The molecule has 0 aliphatic carbocycles. The molecular weight excluding hydrogens is 978 g/mol. The normalized spacial score (nSPS) is 13.4. The van der Waals surface area contributed by atoms with Gasteiger partial charge in [-0.25, -0.2) is 0 Å². The molecule has 0 rings (SSSR count). The van der Waals surface area contributed by atoms with Gasteiger partial charge in [0, 0.05) is 12.8 Å². The smallest absolute Gasteiger partial charge is 0.306 e. The van der Waals surface area contributed by atoms with Gasteiger partial charge in [-0.2, -0.15) is 0 Å². The third-order valence-corrected chi connectivity index (χ3v) is 15.9. The average molecular weight is 1110 g/mol. The fourth-order valence-electron chi connectivity index (χ4n) is 9.79. The van der Waals surface area contributed by atoms with Crippen LogP contribution in [0.25, 0.3) is 0 Å². The number of quaternary nitrogens is 1. The van der Waals surface area contributed by atoms with Crippen molar-refractivity contribution >= 4 is 19.8 Å². The Bertz CT molecular complexity index is 1390. The number of phosphoric ester groups is 1. The summed E-state index contributed by atoms with van der Waals surface area (Å²) in [5, 5.41) is 0. The zero-order valence-corrected chi connectivity index (χ0v) is 52.6. The van der Waals surface area contributed by atoms with Crippen molar-refractivity contribution < 1.29 is 42.1 Å². The lowest BCUT2D eigenvalue weighted by Gasteiger charge is -2.28. The van der Waals surface area contributed by atoms with Crippen LogP contribution in [0.2, 0.25) is 0 Å². The van der Waals surface area contributed by atoms with Gasteiger partial charge in [0.05, 0.1) is 27.7 Å². The van der Waals surface area contributed by atoms with Gasteiger partial charge in [0.2, 0.25) is 0 Å².